The Kier molecular flexibility index (Phi) is 15.0. The van der Waals surface area contributed by atoms with Crippen LogP contribution in [0.2, 0.25) is 0 Å². The minimum atomic E-state index is 0. The molecule has 1 heteroatoms. The van der Waals surface area contributed by atoms with Crippen LogP contribution in [-0.2, 0) is 32.7 Å². The van der Waals surface area contributed by atoms with Gasteiger partial charge in [0.15, 0.2) is 0 Å². The van der Waals surface area contributed by atoms with Crippen LogP contribution in [0.5, 0.6) is 0 Å². The smallest absolute Gasteiger partial charge is 0.184 e. The average molecular weight is 208 g/mol. The fourth-order valence-corrected chi connectivity index (χ4v) is 0.331. The Morgan fingerprint density at radius 1 is 1.30 bits per heavy atom. The van der Waals surface area contributed by atoms with Gasteiger partial charge in [0.25, 0.3) is 0 Å². The first kappa shape index (κ1) is 12.7. The van der Waals surface area contributed by atoms with Gasteiger partial charge in [0.05, 0.1) is 0 Å². The standard InChI is InChI=1S/C9H11.Y/c1-3-5-7-9-8-6-4-2;/h3-8H,1H2,2H3;/q-1;+3/b6-4+,7-5+;. The summed E-state index contributed by atoms with van der Waals surface area (Å²) in [5.41, 5.74) is 0. The maximum absolute atomic E-state index is 3.52. The van der Waals surface area contributed by atoms with E-state index in [4.69, 9.17) is 0 Å². The summed E-state index contributed by atoms with van der Waals surface area (Å²) in [7, 11) is 0. The van der Waals surface area contributed by atoms with Crippen molar-refractivity contribution < 1.29 is 32.7 Å². The van der Waals surface area contributed by atoms with Crippen LogP contribution < -0.4 is 0 Å². The first-order chi connectivity index (χ1) is 4.41. The van der Waals surface area contributed by atoms with Gasteiger partial charge in [-0.3, -0.25) is 0 Å². The second-order valence-corrected chi connectivity index (χ2v) is 1.45. The van der Waals surface area contributed by atoms with E-state index in [0.717, 1.165) is 0 Å². The van der Waals surface area contributed by atoms with Crippen LogP contribution in [0.15, 0.2) is 43.0 Å². The van der Waals surface area contributed by atoms with Crippen molar-refractivity contribution >= 4 is 0 Å². The summed E-state index contributed by atoms with van der Waals surface area (Å²) in [6.45, 7) is 5.49. The van der Waals surface area contributed by atoms with Crippen LogP contribution in [-0.4, -0.2) is 0 Å². The zero-order valence-corrected chi connectivity index (χ0v) is 9.09. The second kappa shape index (κ2) is 11.8. The summed E-state index contributed by atoms with van der Waals surface area (Å²) >= 11 is 0. The van der Waals surface area contributed by atoms with E-state index < -0.39 is 0 Å². The van der Waals surface area contributed by atoms with E-state index >= 15 is 0 Å². The van der Waals surface area contributed by atoms with Crippen LogP contribution >= 0.6 is 0 Å². The molecule has 0 saturated heterocycles. The third kappa shape index (κ3) is 10.9. The zero-order chi connectivity index (χ0) is 6.95. The van der Waals surface area contributed by atoms with Crippen molar-refractivity contribution in [2.24, 2.45) is 0 Å². The Balaban J connectivity index is 0. The molecule has 0 spiro atoms. The van der Waals surface area contributed by atoms with E-state index in [9.17, 15) is 0 Å². The van der Waals surface area contributed by atoms with Gasteiger partial charge in [-0.25, -0.2) is 0 Å². The maximum atomic E-state index is 3.52. The van der Waals surface area contributed by atoms with Crippen molar-refractivity contribution in [2.75, 3.05) is 0 Å². The second-order valence-electron chi connectivity index (χ2n) is 1.45. The quantitative estimate of drug-likeness (QED) is 0.494. The number of allylic oxidation sites excluding steroid dienone is 7. The Morgan fingerprint density at radius 2 is 2.00 bits per heavy atom. The topological polar surface area (TPSA) is 0 Å². The predicted octanol–water partition coefficient (Wildman–Crippen LogP) is 2.66. The molecule has 0 fully saturated rings. The van der Waals surface area contributed by atoms with E-state index in [1.807, 2.05) is 37.3 Å². The number of hydrogen-bond donors (Lipinski definition) is 0. The van der Waals surface area contributed by atoms with Gasteiger partial charge >= 0.3 is 32.7 Å². The molecule has 48 valence electrons. The Labute approximate surface area is 88.3 Å². The minimum Gasteiger partial charge on any atom is -0.184 e. The molecule has 0 aliphatic heterocycles. The van der Waals surface area contributed by atoms with Gasteiger partial charge in [0, 0.05) is 0 Å². The van der Waals surface area contributed by atoms with Gasteiger partial charge in [0.2, 0.25) is 0 Å². The molecule has 10 heavy (non-hydrogen) atoms. The first-order valence-electron chi connectivity index (χ1n) is 2.90. The molecule has 0 heterocycles. The van der Waals surface area contributed by atoms with E-state index in [-0.39, 0.29) is 32.7 Å². The maximum Gasteiger partial charge on any atom is 3.00 e. The van der Waals surface area contributed by atoms with Crippen molar-refractivity contribution in [3.63, 3.8) is 0 Å². The van der Waals surface area contributed by atoms with E-state index in [1.165, 1.54) is 0 Å². The molecule has 0 atom stereocenters. The van der Waals surface area contributed by atoms with Gasteiger partial charge in [0.1, 0.15) is 0 Å². The van der Waals surface area contributed by atoms with Gasteiger partial charge in [-0.1, -0.05) is 6.92 Å². The van der Waals surface area contributed by atoms with E-state index in [1.54, 1.807) is 6.08 Å². The van der Waals surface area contributed by atoms with Crippen molar-refractivity contribution in [2.45, 2.75) is 6.92 Å². The molecule has 0 bridgehead atoms. The van der Waals surface area contributed by atoms with Crippen LogP contribution in [0, 0.1) is 6.08 Å². The molecule has 0 unspecified atom stereocenters. The molecular weight excluding hydrogens is 197 g/mol. The van der Waals surface area contributed by atoms with Gasteiger partial charge in [-0.05, 0) is 0 Å². The monoisotopic (exact) mass is 208 g/mol. The summed E-state index contributed by atoms with van der Waals surface area (Å²) in [6.07, 6.45) is 14.0. The third-order valence-corrected chi connectivity index (χ3v) is 0.713. The van der Waals surface area contributed by atoms with E-state index in [2.05, 4.69) is 12.7 Å². The molecule has 0 aliphatic rings. The Hall–Kier alpha value is 0.0639. The van der Waals surface area contributed by atoms with E-state index in [0.29, 0.717) is 0 Å². The molecule has 0 saturated carbocycles. The van der Waals surface area contributed by atoms with Crippen molar-refractivity contribution in [3.8, 4) is 0 Å². The summed E-state index contributed by atoms with van der Waals surface area (Å²) < 4.78 is 0. The molecule has 0 aromatic heterocycles. The normalized spacial score (nSPS) is 10.9. The van der Waals surface area contributed by atoms with Gasteiger partial charge in [-0.2, -0.15) is 30.4 Å². The van der Waals surface area contributed by atoms with Crippen LogP contribution in [0.1, 0.15) is 6.92 Å². The van der Waals surface area contributed by atoms with Gasteiger partial charge < -0.3 is 0 Å². The third-order valence-electron chi connectivity index (χ3n) is 0.713. The Morgan fingerprint density at radius 3 is 2.50 bits per heavy atom. The van der Waals surface area contributed by atoms with Crippen molar-refractivity contribution in [3.05, 3.63) is 49.1 Å². The SMILES string of the molecule is C=C/C=C/[C-]=C/C=C/C.[Y+3]. The molecule has 0 nitrogen and oxygen atoms in total. The van der Waals surface area contributed by atoms with Crippen LogP contribution in [0.25, 0.3) is 0 Å². The minimum absolute atomic E-state index is 0. The van der Waals surface area contributed by atoms with Crippen LogP contribution in [0.3, 0.4) is 0 Å². The molecule has 0 rings (SSSR count). The largest absolute Gasteiger partial charge is 3.00 e. The predicted molar refractivity (Wildman–Crippen MR) is 42.0 cm³/mol. The fourth-order valence-electron chi connectivity index (χ4n) is 0.331. The number of hydrogen-bond acceptors (Lipinski definition) is 0. The molecule has 0 radical (unpaired) electrons. The van der Waals surface area contributed by atoms with Gasteiger partial charge in [-0.15, -0.1) is 18.7 Å². The molecule has 0 aromatic rings. The zero-order valence-electron chi connectivity index (χ0n) is 6.25. The summed E-state index contributed by atoms with van der Waals surface area (Å²) in [5.74, 6) is 0. The fraction of sp³-hybridized carbons (Fsp3) is 0.111. The summed E-state index contributed by atoms with van der Waals surface area (Å²) in [6, 6.07) is 0. The van der Waals surface area contributed by atoms with Crippen molar-refractivity contribution in [1.82, 2.24) is 0 Å². The van der Waals surface area contributed by atoms with Crippen molar-refractivity contribution in [1.29, 1.82) is 0 Å². The molecular formula is C9H11Y+2. The van der Waals surface area contributed by atoms with Crippen LogP contribution in [0.4, 0.5) is 0 Å². The number of rotatable bonds is 3. The summed E-state index contributed by atoms with van der Waals surface area (Å²) in [4.78, 5) is 0. The molecule has 0 amide bonds. The summed E-state index contributed by atoms with van der Waals surface area (Å²) in [5, 5.41) is 0. The Bertz CT molecular complexity index is 141. The molecule has 0 aliphatic carbocycles. The average Bonchev–Trinajstić information content (AvgIpc) is 1.89. The first-order valence-corrected chi connectivity index (χ1v) is 2.90. The molecule has 0 aromatic carbocycles. The molecule has 0 N–H and O–H groups in total.